The molecule has 1 aromatic heterocycles. The van der Waals surface area contributed by atoms with Crippen molar-refractivity contribution in [3.8, 4) is 5.75 Å². The summed E-state index contributed by atoms with van der Waals surface area (Å²) in [6, 6.07) is 14.1. The van der Waals surface area contributed by atoms with Crippen LogP contribution in [0, 0.1) is 5.92 Å². The minimum atomic E-state index is -1.52. The van der Waals surface area contributed by atoms with E-state index in [1.54, 1.807) is 24.3 Å². The van der Waals surface area contributed by atoms with Crippen molar-refractivity contribution in [2.75, 3.05) is 13.1 Å². The Kier molecular flexibility index (Phi) is 7.58. The number of likely N-dealkylation sites (tertiary alicyclic amines) is 1. The van der Waals surface area contributed by atoms with Crippen LogP contribution in [-0.2, 0) is 4.79 Å². The van der Waals surface area contributed by atoms with Gasteiger partial charge in [0.2, 0.25) is 11.7 Å². The number of aromatic nitrogens is 2. The highest BCUT2D eigenvalue weighted by molar-refractivity contribution is 6.08. The number of nitrogens with two attached hydrogens (primary N) is 1. The fourth-order valence-electron chi connectivity index (χ4n) is 4.10. The van der Waals surface area contributed by atoms with E-state index >= 15 is 0 Å². The molecule has 9 heteroatoms. The molecule has 2 aromatic carbocycles. The summed E-state index contributed by atoms with van der Waals surface area (Å²) in [7, 11) is 0. The number of hydrogen-bond acceptors (Lipinski definition) is 6. The Bertz CT molecular complexity index is 1290. The van der Waals surface area contributed by atoms with Crippen LogP contribution < -0.4 is 10.5 Å². The van der Waals surface area contributed by atoms with Gasteiger partial charge in [-0.3, -0.25) is 9.59 Å². The number of para-hydroxylation sites is 2. The first-order valence-corrected chi connectivity index (χ1v) is 11.7. The van der Waals surface area contributed by atoms with Gasteiger partial charge in [-0.05, 0) is 56.2 Å². The number of ketones is 1. The number of hydrogen-bond donors (Lipinski definition) is 2. The first-order chi connectivity index (χ1) is 17.4. The monoisotopic (exact) mass is 489 g/mol. The van der Waals surface area contributed by atoms with E-state index in [1.165, 1.54) is 24.1 Å². The van der Waals surface area contributed by atoms with Crippen molar-refractivity contribution in [2.45, 2.75) is 25.9 Å². The van der Waals surface area contributed by atoms with E-state index in [4.69, 9.17) is 10.5 Å². The summed E-state index contributed by atoms with van der Waals surface area (Å²) in [5.74, 6) is 0.118. The van der Waals surface area contributed by atoms with Crippen molar-refractivity contribution in [1.29, 1.82) is 0 Å². The molecular weight excluding hydrogens is 461 g/mol. The van der Waals surface area contributed by atoms with Gasteiger partial charge in [-0.1, -0.05) is 24.8 Å². The number of nitrogens with one attached hydrogen (secondary N) is 1. The highest BCUT2D eigenvalue weighted by atomic mass is 19.1. The molecule has 8 nitrogen and oxygen atoms in total. The maximum absolute atomic E-state index is 13.4. The second-order valence-corrected chi connectivity index (χ2v) is 8.55. The highest BCUT2D eigenvalue weighted by Crippen LogP contribution is 2.27. The second-order valence-electron chi connectivity index (χ2n) is 8.55. The van der Waals surface area contributed by atoms with Gasteiger partial charge in [-0.2, -0.15) is 0 Å². The van der Waals surface area contributed by atoms with E-state index in [9.17, 15) is 14.0 Å². The van der Waals surface area contributed by atoms with Crippen molar-refractivity contribution in [3.63, 3.8) is 0 Å². The number of carbonyl (C=O) groups is 2. The Hall–Kier alpha value is -4.27. The maximum Gasteiger partial charge on any atom is 0.256 e. The number of aromatic amines is 1. The molecule has 1 atom stereocenters. The summed E-state index contributed by atoms with van der Waals surface area (Å²) >= 11 is 0. The molecule has 3 N–H and O–H groups in total. The van der Waals surface area contributed by atoms with Gasteiger partial charge >= 0.3 is 0 Å². The number of imidazole rings is 1. The molecule has 3 aromatic rings. The van der Waals surface area contributed by atoms with E-state index in [0.29, 0.717) is 42.9 Å². The number of halogens is 1. The largest absolute Gasteiger partial charge is 0.437 e. The van der Waals surface area contributed by atoms with Gasteiger partial charge < -0.3 is 20.4 Å². The van der Waals surface area contributed by atoms with Crippen molar-refractivity contribution in [2.24, 2.45) is 16.6 Å². The molecule has 2 heterocycles. The van der Waals surface area contributed by atoms with Gasteiger partial charge in [0, 0.05) is 30.8 Å². The fourth-order valence-corrected chi connectivity index (χ4v) is 4.10. The lowest BCUT2D eigenvalue weighted by Crippen LogP contribution is -2.42. The molecule has 0 bridgehead atoms. The van der Waals surface area contributed by atoms with Crippen LogP contribution in [0.2, 0.25) is 0 Å². The number of allylic oxidation sites excluding steroid dienone is 2. The lowest BCUT2D eigenvalue weighted by Gasteiger charge is -2.32. The van der Waals surface area contributed by atoms with Crippen LogP contribution in [0.25, 0.3) is 11.0 Å². The molecular formula is C27H28FN5O3. The number of carbonyl (C=O) groups excluding carboxylic acids is 2. The van der Waals surface area contributed by atoms with E-state index in [-0.39, 0.29) is 23.4 Å². The number of nitrogens with zero attached hydrogens (tertiary/aromatic N) is 3. The Balaban J connectivity index is 1.48. The molecule has 0 spiro atoms. The van der Waals surface area contributed by atoms with Crippen molar-refractivity contribution >= 4 is 28.9 Å². The normalized spacial score (nSPS) is 16.1. The van der Waals surface area contributed by atoms with Gasteiger partial charge in [-0.25, -0.2) is 14.4 Å². The average Bonchev–Trinajstić information content (AvgIpc) is 3.34. The summed E-state index contributed by atoms with van der Waals surface area (Å²) in [5, 5.41) is 0. The Morgan fingerprint density at radius 3 is 2.56 bits per heavy atom. The van der Waals surface area contributed by atoms with Gasteiger partial charge in [0.05, 0.1) is 16.7 Å². The summed E-state index contributed by atoms with van der Waals surface area (Å²) in [5.41, 5.74) is 8.82. The van der Waals surface area contributed by atoms with Crippen LogP contribution in [0.1, 0.15) is 35.9 Å². The number of rotatable bonds is 8. The standard InChI is InChI=1S/C27H28FN5O3/c1-3-14-30-26(23(29)18-12-15-33(16-13-18)27(35)17(2)28)36-20-10-8-19(9-11-20)24(34)25-31-21-6-4-5-7-22(21)32-25/h3-11,14,17-18H,1,12-13,15-16,29H2,2H3,(H,31,32)/b26-23+,30-14-/t17-/m0/s1. The summed E-state index contributed by atoms with van der Waals surface area (Å²) < 4.78 is 19.3. The molecule has 0 aliphatic carbocycles. The van der Waals surface area contributed by atoms with E-state index in [0.717, 1.165) is 11.0 Å². The zero-order valence-electron chi connectivity index (χ0n) is 20.0. The Morgan fingerprint density at radius 1 is 1.22 bits per heavy atom. The van der Waals surface area contributed by atoms with Gasteiger partial charge in [0.25, 0.3) is 5.91 Å². The lowest BCUT2D eigenvalue weighted by molar-refractivity contribution is -0.137. The van der Waals surface area contributed by atoms with Crippen LogP contribution in [0.15, 0.2) is 77.8 Å². The number of alkyl halides is 1. The number of aliphatic imine (C=N–C) groups is 1. The average molecular weight is 490 g/mol. The number of piperidine rings is 1. The summed E-state index contributed by atoms with van der Waals surface area (Å²) in [4.78, 5) is 38.0. The van der Waals surface area contributed by atoms with Crippen LogP contribution in [0.3, 0.4) is 0 Å². The third-order valence-electron chi connectivity index (χ3n) is 6.07. The molecule has 1 aliphatic rings. The third kappa shape index (κ3) is 5.51. The predicted molar refractivity (Wildman–Crippen MR) is 136 cm³/mol. The van der Waals surface area contributed by atoms with E-state index in [1.807, 2.05) is 24.3 Å². The molecule has 186 valence electrons. The number of benzene rings is 2. The van der Waals surface area contributed by atoms with Gasteiger partial charge in [0.15, 0.2) is 12.0 Å². The zero-order chi connectivity index (χ0) is 25.7. The van der Waals surface area contributed by atoms with Gasteiger partial charge in [0.1, 0.15) is 5.75 Å². The number of H-pyrrole nitrogens is 1. The SMILES string of the molecule is C=C/C=N\C(Oc1ccc(C(=O)c2nc3ccccc3[nH]2)cc1)=C(/N)C1CCN(C(=O)[C@H](C)F)CC1. The van der Waals surface area contributed by atoms with Crippen molar-refractivity contribution in [3.05, 3.63) is 84.2 Å². The molecule has 4 rings (SSSR count). The van der Waals surface area contributed by atoms with Crippen molar-refractivity contribution < 1.29 is 18.7 Å². The highest BCUT2D eigenvalue weighted by Gasteiger charge is 2.28. The maximum atomic E-state index is 13.4. The first-order valence-electron chi connectivity index (χ1n) is 11.7. The Labute approximate surface area is 208 Å². The quantitative estimate of drug-likeness (QED) is 0.280. The first kappa shape index (κ1) is 24.8. The van der Waals surface area contributed by atoms with Crippen LogP contribution in [-0.4, -0.2) is 52.0 Å². The van der Waals surface area contributed by atoms with Crippen LogP contribution >= 0.6 is 0 Å². The zero-order valence-corrected chi connectivity index (χ0v) is 20.0. The molecule has 0 unspecified atom stereocenters. The molecule has 1 amide bonds. The molecule has 1 aliphatic heterocycles. The number of fused-ring (bicyclic) bond motifs is 1. The van der Waals surface area contributed by atoms with Crippen LogP contribution in [0.4, 0.5) is 4.39 Å². The molecule has 1 fully saturated rings. The van der Waals surface area contributed by atoms with E-state index < -0.39 is 12.1 Å². The van der Waals surface area contributed by atoms with E-state index in [2.05, 4.69) is 21.5 Å². The smallest absolute Gasteiger partial charge is 0.256 e. The molecule has 0 radical (unpaired) electrons. The molecule has 0 saturated carbocycles. The summed E-state index contributed by atoms with van der Waals surface area (Å²) in [6.45, 7) is 5.71. The molecule has 36 heavy (non-hydrogen) atoms. The Morgan fingerprint density at radius 2 is 1.92 bits per heavy atom. The van der Waals surface area contributed by atoms with Crippen LogP contribution in [0.5, 0.6) is 5.75 Å². The summed E-state index contributed by atoms with van der Waals surface area (Å²) in [6.07, 6.45) is 2.62. The number of amides is 1. The minimum absolute atomic E-state index is 0.0742. The predicted octanol–water partition coefficient (Wildman–Crippen LogP) is 4.15. The topological polar surface area (TPSA) is 114 Å². The second kappa shape index (κ2) is 11.0. The minimum Gasteiger partial charge on any atom is -0.437 e. The fraction of sp³-hybridized carbons (Fsp3) is 0.259. The number of ether oxygens (including phenoxy) is 1. The van der Waals surface area contributed by atoms with Crippen molar-refractivity contribution in [1.82, 2.24) is 14.9 Å². The third-order valence-corrected chi connectivity index (χ3v) is 6.07. The van der Waals surface area contributed by atoms with Gasteiger partial charge in [-0.15, -0.1) is 0 Å². The lowest BCUT2D eigenvalue weighted by atomic mass is 9.93. The molecule has 1 saturated heterocycles.